The minimum atomic E-state index is -1.93. The van der Waals surface area contributed by atoms with Gasteiger partial charge >= 0.3 is 5.97 Å². The lowest BCUT2D eigenvalue weighted by atomic mass is 10.0. The van der Waals surface area contributed by atoms with Crippen molar-refractivity contribution < 1.29 is 23.3 Å². The first-order chi connectivity index (χ1) is 26.3. The summed E-state index contributed by atoms with van der Waals surface area (Å²) in [6.07, 6.45) is 49.3. The van der Waals surface area contributed by atoms with Gasteiger partial charge in [0.1, 0.15) is 13.2 Å². The molecule has 0 amide bonds. The lowest BCUT2D eigenvalue weighted by Crippen LogP contribution is -2.52. The van der Waals surface area contributed by atoms with Crippen molar-refractivity contribution in [2.45, 2.75) is 206 Å². The van der Waals surface area contributed by atoms with Crippen LogP contribution in [-0.4, -0.2) is 76.2 Å². The predicted molar refractivity (Wildman–Crippen MR) is 245 cm³/mol. The van der Waals surface area contributed by atoms with Gasteiger partial charge in [-0.15, -0.1) is 0 Å². The van der Waals surface area contributed by atoms with Gasteiger partial charge in [-0.1, -0.05) is 173 Å². The quantitative estimate of drug-likeness (QED) is 0.0127. The van der Waals surface area contributed by atoms with Gasteiger partial charge in [-0.2, -0.15) is 0 Å². The second-order valence-electron chi connectivity index (χ2n) is 17.7. The van der Waals surface area contributed by atoms with Crippen molar-refractivity contribution in [2.24, 2.45) is 5.73 Å². The van der Waals surface area contributed by atoms with Crippen LogP contribution in [0, 0.1) is 0 Å². The number of hydrogen-bond acceptors (Lipinski definition) is 5. The molecule has 0 rings (SSSR count). The van der Waals surface area contributed by atoms with E-state index in [9.17, 15) is 4.79 Å². The standard InChI is InChI=1S/C48H94N2O4P/c1-9-11-13-15-17-19-21-23-25-27-29-31-33-35-37-40-46(3)52-44-48(49,45-53-55(7,8)43-39-42-50(4,5)6)54-47(51)41-38-36-34-32-30-28-26-24-22-20-18-16-14-12-10-2/h18,20,24,26H,3,7,9-17,19,21-23,25,27-45,49H2,1-2,4-6,8H3/q+1/b20-18-,26-24-. The second kappa shape index (κ2) is 35.8. The van der Waals surface area contributed by atoms with Crippen molar-refractivity contribution in [2.75, 3.05) is 53.7 Å². The Balaban J connectivity index is 4.51. The number of esters is 1. The SMILES string of the molecule is C=C(CCCCCCCCCCCCCCCCC)OCC(N)(COP(=C)(C)CCC[N+](C)(C)C)OC(=O)CCCCCCC/C=C\C/C=C\CCCCC. The number of carbonyl (C=O) groups excluding carboxylic acids is 1. The summed E-state index contributed by atoms with van der Waals surface area (Å²) in [6, 6.07) is 0. The molecule has 0 saturated heterocycles. The fourth-order valence-corrected chi connectivity index (χ4v) is 8.13. The van der Waals surface area contributed by atoms with Gasteiger partial charge in [0.05, 0.1) is 33.4 Å². The fraction of sp³-hybridized carbons (Fsp3) is 0.833. The molecule has 55 heavy (non-hydrogen) atoms. The molecule has 7 heteroatoms. The first-order valence-corrected chi connectivity index (χ1v) is 25.6. The molecule has 0 aromatic heterocycles. The molecule has 2 atom stereocenters. The molecular formula is C48H94N2O4P+. The van der Waals surface area contributed by atoms with Crippen molar-refractivity contribution in [3.05, 3.63) is 36.6 Å². The molecule has 2 N–H and O–H groups in total. The number of quaternary nitrogens is 1. The Morgan fingerprint density at radius 2 is 1.07 bits per heavy atom. The minimum Gasteiger partial charge on any atom is -0.493 e. The van der Waals surface area contributed by atoms with Gasteiger partial charge in [0.2, 0.25) is 5.72 Å². The third-order valence-electron chi connectivity index (χ3n) is 10.3. The zero-order valence-electron chi connectivity index (χ0n) is 37.7. The summed E-state index contributed by atoms with van der Waals surface area (Å²) < 4.78 is 19.2. The highest BCUT2D eigenvalue weighted by Crippen LogP contribution is 2.43. The minimum absolute atomic E-state index is 0.0390. The summed E-state index contributed by atoms with van der Waals surface area (Å²) >= 11 is 0. The van der Waals surface area contributed by atoms with Crippen LogP contribution < -0.4 is 5.73 Å². The number of unbranched alkanes of at least 4 members (excludes halogenated alkanes) is 22. The first-order valence-electron chi connectivity index (χ1n) is 23.1. The predicted octanol–water partition coefficient (Wildman–Crippen LogP) is 13.9. The molecule has 0 aromatic rings. The third kappa shape index (κ3) is 39.3. The molecule has 0 aliphatic rings. The molecule has 0 fully saturated rings. The number of ether oxygens (including phenoxy) is 2. The number of nitrogens with two attached hydrogens (primary N) is 1. The summed E-state index contributed by atoms with van der Waals surface area (Å²) in [5, 5.41) is 0. The summed E-state index contributed by atoms with van der Waals surface area (Å²) in [4.78, 5) is 13.0. The van der Waals surface area contributed by atoms with Gasteiger partial charge in [0.25, 0.3) is 0 Å². The van der Waals surface area contributed by atoms with Gasteiger partial charge in [-0.25, -0.2) is 0 Å². The number of nitrogens with zero attached hydrogens (tertiary/aromatic N) is 1. The van der Waals surface area contributed by atoms with Crippen LogP contribution >= 0.6 is 7.11 Å². The van der Waals surface area contributed by atoms with Crippen LogP contribution in [0.4, 0.5) is 0 Å². The molecule has 0 saturated carbocycles. The number of carbonyl (C=O) groups is 1. The highest BCUT2D eigenvalue weighted by atomic mass is 31.2. The van der Waals surface area contributed by atoms with E-state index >= 15 is 0 Å². The van der Waals surface area contributed by atoms with E-state index in [0.717, 1.165) is 68.6 Å². The molecule has 0 radical (unpaired) electrons. The molecule has 0 aliphatic carbocycles. The largest absolute Gasteiger partial charge is 0.493 e. The summed E-state index contributed by atoms with van der Waals surface area (Å²) in [6.45, 7) is 11.9. The summed E-state index contributed by atoms with van der Waals surface area (Å²) in [7, 11) is 4.66. The third-order valence-corrected chi connectivity index (χ3v) is 12.3. The Hall–Kier alpha value is -1.33. The van der Waals surface area contributed by atoms with Crippen molar-refractivity contribution in [3.63, 3.8) is 0 Å². The van der Waals surface area contributed by atoms with Crippen LogP contribution in [0.3, 0.4) is 0 Å². The normalized spacial score (nSPS) is 14.4. The summed E-state index contributed by atoms with van der Waals surface area (Å²) in [5.41, 5.74) is 5.37. The van der Waals surface area contributed by atoms with Crippen molar-refractivity contribution in [1.29, 1.82) is 0 Å². The van der Waals surface area contributed by atoms with Crippen LogP contribution in [0.5, 0.6) is 0 Å². The van der Waals surface area contributed by atoms with Crippen LogP contribution in [0.2, 0.25) is 0 Å². The number of rotatable bonds is 41. The maximum atomic E-state index is 13.0. The van der Waals surface area contributed by atoms with Crippen molar-refractivity contribution in [1.82, 2.24) is 0 Å². The average Bonchev–Trinajstić information content (AvgIpc) is 3.12. The Kier molecular flexibility index (Phi) is 34.9. The van der Waals surface area contributed by atoms with Crippen LogP contribution in [-0.2, 0) is 18.8 Å². The topological polar surface area (TPSA) is 70.8 Å². The van der Waals surface area contributed by atoms with E-state index in [4.69, 9.17) is 19.7 Å². The van der Waals surface area contributed by atoms with E-state index < -0.39 is 12.8 Å². The first kappa shape index (κ1) is 53.7. The van der Waals surface area contributed by atoms with E-state index in [2.05, 4.69) is 78.8 Å². The highest BCUT2D eigenvalue weighted by molar-refractivity contribution is 7.68. The number of allylic oxidation sites excluding steroid dienone is 5. The molecule has 0 heterocycles. The molecule has 324 valence electrons. The molecule has 0 spiro atoms. The monoisotopic (exact) mass is 794 g/mol. The highest BCUT2D eigenvalue weighted by Gasteiger charge is 2.33. The van der Waals surface area contributed by atoms with E-state index in [0.29, 0.717) is 12.2 Å². The second-order valence-corrected chi connectivity index (χ2v) is 21.0. The molecule has 2 unspecified atom stereocenters. The van der Waals surface area contributed by atoms with E-state index in [1.807, 2.05) is 0 Å². The average molecular weight is 794 g/mol. The maximum Gasteiger partial charge on any atom is 0.307 e. The van der Waals surface area contributed by atoms with Gasteiger partial charge < -0.3 is 18.5 Å². The Morgan fingerprint density at radius 1 is 0.636 bits per heavy atom. The zero-order valence-corrected chi connectivity index (χ0v) is 38.6. The zero-order chi connectivity index (χ0) is 40.9. The van der Waals surface area contributed by atoms with Crippen molar-refractivity contribution >= 4 is 19.4 Å². The van der Waals surface area contributed by atoms with Crippen LogP contribution in [0.25, 0.3) is 0 Å². The molecule has 0 bridgehead atoms. The van der Waals surface area contributed by atoms with Gasteiger partial charge in [0.15, 0.2) is 0 Å². The maximum absolute atomic E-state index is 13.0. The van der Waals surface area contributed by atoms with Gasteiger partial charge in [-0.3, -0.25) is 10.5 Å². The molecule has 0 aliphatic heterocycles. The van der Waals surface area contributed by atoms with Crippen LogP contribution in [0.1, 0.15) is 200 Å². The fourth-order valence-electron chi connectivity index (χ4n) is 6.66. The van der Waals surface area contributed by atoms with Crippen molar-refractivity contribution in [3.8, 4) is 0 Å². The number of hydrogen-bond donors (Lipinski definition) is 1. The lowest BCUT2D eigenvalue weighted by molar-refractivity contribution is -0.870. The summed E-state index contributed by atoms with van der Waals surface area (Å²) in [5.74, 6) is 0.409. The van der Waals surface area contributed by atoms with E-state index in [1.54, 1.807) is 0 Å². The Bertz CT molecular complexity index is 1020. The molecule has 6 nitrogen and oxygen atoms in total. The van der Waals surface area contributed by atoms with E-state index in [1.165, 1.54) is 128 Å². The molecule has 0 aromatic carbocycles. The molecular weight excluding hydrogens is 700 g/mol. The Morgan fingerprint density at radius 3 is 1.58 bits per heavy atom. The van der Waals surface area contributed by atoms with Gasteiger partial charge in [0, 0.05) is 19.3 Å². The Labute approximate surface area is 343 Å². The van der Waals surface area contributed by atoms with E-state index in [-0.39, 0.29) is 19.2 Å². The smallest absolute Gasteiger partial charge is 0.307 e. The van der Waals surface area contributed by atoms with Gasteiger partial charge in [-0.05, 0) is 64.9 Å². The van der Waals surface area contributed by atoms with Crippen LogP contribution in [0.15, 0.2) is 36.6 Å². The lowest BCUT2D eigenvalue weighted by Gasteiger charge is -2.32.